The van der Waals surface area contributed by atoms with Crippen LogP contribution in [0.5, 0.6) is 0 Å². The maximum Gasteiger partial charge on any atom is 0.213 e. The van der Waals surface area contributed by atoms with Crippen molar-refractivity contribution in [3.05, 3.63) is 12.2 Å². The van der Waals surface area contributed by atoms with Crippen molar-refractivity contribution in [3.8, 4) is 0 Å². The molecule has 1 aromatic rings. The Balaban J connectivity index is 1.84. The first-order valence-electron chi connectivity index (χ1n) is 4.47. The lowest BCUT2D eigenvalue weighted by atomic mass is 10.1. The van der Waals surface area contributed by atoms with Crippen molar-refractivity contribution in [2.75, 3.05) is 19.7 Å². The van der Waals surface area contributed by atoms with Gasteiger partial charge in [-0.25, -0.2) is 0 Å². The van der Waals surface area contributed by atoms with Gasteiger partial charge in [-0.3, -0.25) is 4.90 Å². The second-order valence-electron chi connectivity index (χ2n) is 3.42. The van der Waals surface area contributed by atoms with Crippen molar-refractivity contribution >= 4 is 0 Å². The van der Waals surface area contributed by atoms with Crippen LogP contribution in [-0.4, -0.2) is 39.8 Å². The Kier molecular flexibility index (Phi) is 2.56. The number of hydrogen-bond acceptors (Lipinski definition) is 5. The first-order chi connectivity index (χ1) is 6.38. The van der Waals surface area contributed by atoms with E-state index in [9.17, 15) is 0 Å². The summed E-state index contributed by atoms with van der Waals surface area (Å²) in [7, 11) is 0. The summed E-state index contributed by atoms with van der Waals surface area (Å²) in [5.74, 6) is 1.14. The highest BCUT2D eigenvalue weighted by Crippen LogP contribution is 2.16. The summed E-state index contributed by atoms with van der Waals surface area (Å²) in [5.41, 5.74) is 0. The molecule has 1 atom stereocenters. The summed E-state index contributed by atoms with van der Waals surface area (Å²) in [4.78, 5) is 6.18. The minimum absolute atomic E-state index is 0.281. The van der Waals surface area contributed by atoms with Crippen LogP contribution in [0.15, 0.2) is 10.9 Å². The third-order valence-electron chi connectivity index (χ3n) is 2.40. The maximum absolute atomic E-state index is 8.93. The van der Waals surface area contributed by atoms with Crippen LogP contribution in [0, 0.1) is 5.92 Å². The monoisotopic (exact) mass is 183 g/mol. The zero-order valence-electron chi connectivity index (χ0n) is 7.39. The van der Waals surface area contributed by atoms with Gasteiger partial charge in [0.1, 0.15) is 0 Å². The average molecular weight is 183 g/mol. The van der Waals surface area contributed by atoms with Gasteiger partial charge >= 0.3 is 0 Å². The van der Waals surface area contributed by atoms with E-state index in [1.807, 2.05) is 0 Å². The molecule has 1 aromatic heterocycles. The molecule has 0 amide bonds. The topological polar surface area (TPSA) is 62.4 Å². The first kappa shape index (κ1) is 8.65. The van der Waals surface area contributed by atoms with Gasteiger partial charge in [0.15, 0.2) is 5.82 Å². The zero-order valence-corrected chi connectivity index (χ0v) is 7.39. The highest BCUT2D eigenvalue weighted by Gasteiger charge is 2.22. The Morgan fingerprint density at radius 2 is 2.62 bits per heavy atom. The summed E-state index contributed by atoms with van der Waals surface area (Å²) >= 11 is 0. The number of aliphatic hydroxyl groups excluding tert-OH is 1. The summed E-state index contributed by atoms with van der Waals surface area (Å²) in [5, 5.41) is 12.7. The number of aromatic nitrogens is 2. The summed E-state index contributed by atoms with van der Waals surface area (Å²) in [6.07, 6.45) is 2.41. The molecule has 72 valence electrons. The lowest BCUT2D eigenvalue weighted by Crippen LogP contribution is -2.21. The second kappa shape index (κ2) is 3.85. The second-order valence-corrected chi connectivity index (χ2v) is 3.42. The molecule has 0 aromatic carbocycles. The van der Waals surface area contributed by atoms with Crippen LogP contribution in [0.2, 0.25) is 0 Å². The van der Waals surface area contributed by atoms with E-state index in [0.29, 0.717) is 5.92 Å². The average Bonchev–Trinajstić information content (AvgIpc) is 2.76. The quantitative estimate of drug-likeness (QED) is 0.708. The predicted molar refractivity (Wildman–Crippen MR) is 44.8 cm³/mol. The highest BCUT2D eigenvalue weighted by atomic mass is 16.5. The SMILES string of the molecule is OCC1CCN(Cc2ncon2)C1. The van der Waals surface area contributed by atoms with Crippen LogP contribution < -0.4 is 0 Å². The smallest absolute Gasteiger partial charge is 0.213 e. The summed E-state index contributed by atoms with van der Waals surface area (Å²) in [6.45, 7) is 2.96. The van der Waals surface area contributed by atoms with Gasteiger partial charge in [-0.1, -0.05) is 5.16 Å². The van der Waals surface area contributed by atoms with Crippen molar-refractivity contribution in [2.24, 2.45) is 5.92 Å². The van der Waals surface area contributed by atoms with E-state index in [4.69, 9.17) is 5.11 Å². The van der Waals surface area contributed by atoms with E-state index >= 15 is 0 Å². The standard InChI is InChI=1S/C8H13N3O2/c12-5-7-1-2-11(3-7)4-8-9-6-13-10-8/h6-7,12H,1-5H2. The van der Waals surface area contributed by atoms with Crippen LogP contribution >= 0.6 is 0 Å². The molecule has 0 bridgehead atoms. The Morgan fingerprint density at radius 3 is 3.23 bits per heavy atom. The number of hydrogen-bond donors (Lipinski definition) is 1. The Morgan fingerprint density at radius 1 is 1.69 bits per heavy atom. The van der Waals surface area contributed by atoms with Gasteiger partial charge in [-0.05, 0) is 18.9 Å². The molecule has 2 rings (SSSR count). The van der Waals surface area contributed by atoms with Crippen LogP contribution in [0.1, 0.15) is 12.2 Å². The predicted octanol–water partition coefficient (Wildman–Crippen LogP) is -0.116. The largest absolute Gasteiger partial charge is 0.396 e. The Labute approximate surface area is 76.4 Å². The number of likely N-dealkylation sites (tertiary alicyclic amines) is 1. The number of nitrogens with zero attached hydrogens (tertiary/aromatic N) is 3. The van der Waals surface area contributed by atoms with E-state index in [1.54, 1.807) is 0 Å². The molecule has 0 spiro atoms. The van der Waals surface area contributed by atoms with Crippen molar-refractivity contribution < 1.29 is 9.63 Å². The fraction of sp³-hybridized carbons (Fsp3) is 0.750. The number of rotatable bonds is 3. The molecular weight excluding hydrogens is 170 g/mol. The Bertz CT molecular complexity index is 250. The van der Waals surface area contributed by atoms with Crippen molar-refractivity contribution in [1.82, 2.24) is 15.0 Å². The van der Waals surface area contributed by atoms with Crippen molar-refractivity contribution in [2.45, 2.75) is 13.0 Å². The minimum atomic E-state index is 0.281. The fourth-order valence-corrected chi connectivity index (χ4v) is 1.67. The lowest BCUT2D eigenvalue weighted by Gasteiger charge is -2.11. The van der Waals surface area contributed by atoms with Gasteiger partial charge in [0, 0.05) is 13.2 Å². The molecule has 5 heteroatoms. The van der Waals surface area contributed by atoms with E-state index in [-0.39, 0.29) is 6.61 Å². The highest BCUT2D eigenvalue weighted by molar-refractivity contribution is 4.82. The summed E-state index contributed by atoms with van der Waals surface area (Å²) < 4.78 is 4.64. The normalized spacial score (nSPS) is 23.9. The van der Waals surface area contributed by atoms with Gasteiger partial charge in [-0.15, -0.1) is 0 Å². The molecule has 1 unspecified atom stereocenters. The first-order valence-corrected chi connectivity index (χ1v) is 4.47. The third-order valence-corrected chi connectivity index (χ3v) is 2.40. The molecule has 1 fully saturated rings. The van der Waals surface area contributed by atoms with Gasteiger partial charge in [-0.2, -0.15) is 4.98 Å². The molecule has 5 nitrogen and oxygen atoms in total. The summed E-state index contributed by atoms with van der Waals surface area (Å²) in [6, 6.07) is 0. The van der Waals surface area contributed by atoms with E-state index in [2.05, 4.69) is 19.6 Å². The maximum atomic E-state index is 8.93. The van der Waals surface area contributed by atoms with Crippen LogP contribution in [0.25, 0.3) is 0 Å². The van der Waals surface area contributed by atoms with Gasteiger partial charge < -0.3 is 9.63 Å². The van der Waals surface area contributed by atoms with Crippen molar-refractivity contribution in [1.29, 1.82) is 0 Å². The van der Waals surface area contributed by atoms with Gasteiger partial charge in [0.05, 0.1) is 6.54 Å². The molecule has 2 heterocycles. The molecule has 1 aliphatic rings. The molecule has 0 radical (unpaired) electrons. The van der Waals surface area contributed by atoms with Crippen LogP contribution in [0.3, 0.4) is 0 Å². The van der Waals surface area contributed by atoms with Crippen molar-refractivity contribution in [3.63, 3.8) is 0 Å². The molecule has 0 saturated carbocycles. The fourth-order valence-electron chi connectivity index (χ4n) is 1.67. The van der Waals surface area contributed by atoms with E-state index < -0.39 is 0 Å². The number of aliphatic hydroxyl groups is 1. The molecule has 13 heavy (non-hydrogen) atoms. The minimum Gasteiger partial charge on any atom is -0.396 e. The Hall–Kier alpha value is -0.940. The molecule has 1 N–H and O–H groups in total. The van der Waals surface area contributed by atoms with Crippen LogP contribution in [0.4, 0.5) is 0 Å². The third kappa shape index (κ3) is 2.05. The molecular formula is C8H13N3O2. The van der Waals surface area contributed by atoms with Gasteiger partial charge in [0.2, 0.25) is 6.39 Å². The van der Waals surface area contributed by atoms with E-state index in [0.717, 1.165) is 31.9 Å². The van der Waals surface area contributed by atoms with Gasteiger partial charge in [0.25, 0.3) is 0 Å². The molecule has 1 aliphatic heterocycles. The van der Waals surface area contributed by atoms with Crippen LogP contribution in [-0.2, 0) is 6.54 Å². The van der Waals surface area contributed by atoms with E-state index in [1.165, 1.54) is 6.39 Å². The zero-order chi connectivity index (χ0) is 9.10. The molecule has 1 saturated heterocycles. The lowest BCUT2D eigenvalue weighted by molar-refractivity contribution is 0.218. The molecule has 0 aliphatic carbocycles.